The van der Waals surface area contributed by atoms with Gasteiger partial charge in [-0.2, -0.15) is 0 Å². The van der Waals surface area contributed by atoms with Crippen molar-refractivity contribution in [2.75, 3.05) is 13.2 Å². The average molecular weight is 306 g/mol. The summed E-state index contributed by atoms with van der Waals surface area (Å²) in [5.74, 6) is -1.76. The predicted octanol–water partition coefficient (Wildman–Crippen LogP) is 1.89. The number of aliphatic hydroxyl groups is 1. The van der Waals surface area contributed by atoms with Gasteiger partial charge in [-0.25, -0.2) is 9.59 Å². The number of hydrogen-bond acceptors (Lipinski definition) is 5. The largest absolute Gasteiger partial charge is 0.464 e. The topological polar surface area (TPSA) is 72.8 Å². The van der Waals surface area contributed by atoms with Gasteiger partial charge in [0.15, 0.2) is 6.10 Å². The van der Waals surface area contributed by atoms with E-state index in [-0.39, 0.29) is 13.2 Å². The molecule has 0 amide bonds. The lowest BCUT2D eigenvalue weighted by Crippen LogP contribution is -2.31. The minimum absolute atomic E-state index is 0.190. The minimum atomic E-state index is -1.33. The summed E-state index contributed by atoms with van der Waals surface area (Å²) in [5, 5.41) is 10.1. The zero-order valence-corrected chi connectivity index (χ0v) is 12.9. The van der Waals surface area contributed by atoms with E-state index in [1.165, 1.54) is 12.2 Å². The molecule has 5 heteroatoms. The van der Waals surface area contributed by atoms with Crippen LogP contribution >= 0.6 is 0 Å². The first kappa shape index (κ1) is 17.9. The number of carbonyl (C=O) groups excluding carboxylic acids is 2. The molecule has 0 aromatic heterocycles. The number of aliphatic hydroxyl groups excluding tert-OH is 1. The predicted molar refractivity (Wildman–Crippen MR) is 82.0 cm³/mol. The van der Waals surface area contributed by atoms with Gasteiger partial charge >= 0.3 is 11.9 Å². The van der Waals surface area contributed by atoms with E-state index < -0.39 is 24.0 Å². The fourth-order valence-electron chi connectivity index (χ4n) is 1.97. The van der Waals surface area contributed by atoms with E-state index in [2.05, 4.69) is 0 Å². The maximum absolute atomic E-state index is 11.7. The lowest BCUT2D eigenvalue weighted by atomic mass is 9.93. The Morgan fingerprint density at radius 3 is 2.36 bits per heavy atom. The number of esters is 2. The molecule has 0 heterocycles. The Morgan fingerprint density at radius 2 is 1.77 bits per heavy atom. The van der Waals surface area contributed by atoms with E-state index in [0.717, 1.165) is 5.56 Å². The number of ether oxygens (including phenoxy) is 2. The lowest BCUT2D eigenvalue weighted by molar-refractivity contribution is -0.155. The molecule has 1 rings (SSSR count). The molecule has 2 atom stereocenters. The number of rotatable bonds is 8. The summed E-state index contributed by atoms with van der Waals surface area (Å²) in [6.07, 6.45) is 1.81. The van der Waals surface area contributed by atoms with Crippen LogP contribution in [0.3, 0.4) is 0 Å². The second-order valence-electron chi connectivity index (χ2n) is 4.66. The van der Waals surface area contributed by atoms with Crippen molar-refractivity contribution < 1.29 is 24.2 Å². The summed E-state index contributed by atoms with van der Waals surface area (Å²) in [6, 6.07) is 9.41. The van der Waals surface area contributed by atoms with Crippen molar-refractivity contribution in [1.82, 2.24) is 0 Å². The van der Waals surface area contributed by atoms with Crippen molar-refractivity contribution in [3.8, 4) is 0 Å². The molecular weight excluding hydrogens is 284 g/mol. The normalized spacial score (nSPS) is 13.6. The Bertz CT molecular complexity index is 495. The zero-order chi connectivity index (χ0) is 16.4. The quantitative estimate of drug-likeness (QED) is 0.586. The van der Waals surface area contributed by atoms with E-state index in [1.807, 2.05) is 30.3 Å². The summed E-state index contributed by atoms with van der Waals surface area (Å²) in [7, 11) is 0. The molecule has 1 N–H and O–H groups in total. The van der Waals surface area contributed by atoms with Crippen LogP contribution in [0.5, 0.6) is 0 Å². The first-order valence-electron chi connectivity index (χ1n) is 7.32. The number of carbonyl (C=O) groups is 2. The van der Waals surface area contributed by atoms with Crippen LogP contribution in [0.4, 0.5) is 0 Å². The van der Waals surface area contributed by atoms with E-state index in [1.54, 1.807) is 13.8 Å². The van der Waals surface area contributed by atoms with Gasteiger partial charge in [-0.15, -0.1) is 0 Å². The highest BCUT2D eigenvalue weighted by molar-refractivity contribution is 5.82. The van der Waals surface area contributed by atoms with E-state index >= 15 is 0 Å². The maximum atomic E-state index is 11.7. The smallest absolute Gasteiger partial charge is 0.335 e. The fraction of sp³-hybridized carbons (Fsp3) is 0.412. The van der Waals surface area contributed by atoms with Gasteiger partial charge in [-0.1, -0.05) is 36.4 Å². The Balaban J connectivity index is 2.84. The van der Waals surface area contributed by atoms with Gasteiger partial charge in [0.25, 0.3) is 0 Å². The summed E-state index contributed by atoms with van der Waals surface area (Å²) in [4.78, 5) is 23.1. The van der Waals surface area contributed by atoms with E-state index in [4.69, 9.17) is 9.47 Å². The molecule has 0 aliphatic rings. The highest BCUT2D eigenvalue weighted by Gasteiger charge is 2.25. The van der Waals surface area contributed by atoms with Gasteiger partial charge in [0.1, 0.15) is 0 Å². The molecule has 0 radical (unpaired) electrons. The second kappa shape index (κ2) is 9.73. The summed E-state index contributed by atoms with van der Waals surface area (Å²) in [5.41, 5.74) is 0.948. The Morgan fingerprint density at radius 1 is 1.14 bits per heavy atom. The van der Waals surface area contributed by atoms with Gasteiger partial charge < -0.3 is 14.6 Å². The molecule has 120 valence electrons. The van der Waals surface area contributed by atoms with Gasteiger partial charge in [0.05, 0.1) is 13.2 Å². The van der Waals surface area contributed by atoms with Crippen molar-refractivity contribution in [1.29, 1.82) is 0 Å². The van der Waals surface area contributed by atoms with Crippen molar-refractivity contribution in [2.45, 2.75) is 26.4 Å². The summed E-state index contributed by atoms with van der Waals surface area (Å²) >= 11 is 0. The molecule has 0 aliphatic heterocycles. The van der Waals surface area contributed by atoms with Gasteiger partial charge in [0.2, 0.25) is 0 Å². The highest BCUT2D eigenvalue weighted by Crippen LogP contribution is 2.16. The molecule has 0 saturated heterocycles. The molecule has 1 aromatic carbocycles. The molecule has 5 nitrogen and oxygen atoms in total. The maximum Gasteiger partial charge on any atom is 0.335 e. The molecule has 1 aromatic rings. The molecule has 0 bridgehead atoms. The van der Waals surface area contributed by atoms with Crippen LogP contribution in [0, 0.1) is 5.92 Å². The molecule has 22 heavy (non-hydrogen) atoms. The van der Waals surface area contributed by atoms with Crippen LogP contribution in [-0.2, 0) is 25.5 Å². The number of benzene rings is 1. The highest BCUT2D eigenvalue weighted by atomic mass is 16.5. The van der Waals surface area contributed by atoms with Crippen LogP contribution in [0.15, 0.2) is 42.5 Å². The third kappa shape index (κ3) is 6.10. The minimum Gasteiger partial charge on any atom is -0.464 e. The standard InChI is InChI=1S/C17H22O5/c1-3-21-15(18)11-10-14(16(19)17(20)22-4-2)12-13-8-6-5-7-9-13/h5-11,14,16,19H,3-4,12H2,1-2H3/b11-10+/t14-,16+/m0/s1. The Hall–Kier alpha value is -2.14. The van der Waals surface area contributed by atoms with Crippen molar-refractivity contribution in [3.05, 3.63) is 48.0 Å². The Labute approximate surface area is 130 Å². The molecule has 0 spiro atoms. The van der Waals surface area contributed by atoms with E-state index in [9.17, 15) is 14.7 Å². The Kier molecular flexibility index (Phi) is 7.92. The first-order chi connectivity index (χ1) is 10.6. The molecule has 0 fully saturated rings. The summed E-state index contributed by atoms with van der Waals surface area (Å²) in [6.45, 7) is 3.84. The van der Waals surface area contributed by atoms with Crippen LogP contribution in [0.1, 0.15) is 19.4 Å². The van der Waals surface area contributed by atoms with Crippen LogP contribution < -0.4 is 0 Å². The third-order valence-electron chi connectivity index (χ3n) is 3.01. The third-order valence-corrected chi connectivity index (χ3v) is 3.01. The fourth-order valence-corrected chi connectivity index (χ4v) is 1.97. The van der Waals surface area contributed by atoms with Crippen LogP contribution in [-0.4, -0.2) is 36.4 Å². The van der Waals surface area contributed by atoms with Gasteiger partial charge in [-0.3, -0.25) is 0 Å². The lowest BCUT2D eigenvalue weighted by Gasteiger charge is -2.18. The molecule has 0 unspecified atom stereocenters. The van der Waals surface area contributed by atoms with E-state index in [0.29, 0.717) is 6.42 Å². The molecule has 0 saturated carbocycles. The van der Waals surface area contributed by atoms with Gasteiger partial charge in [0, 0.05) is 12.0 Å². The van der Waals surface area contributed by atoms with Crippen LogP contribution in [0.25, 0.3) is 0 Å². The van der Waals surface area contributed by atoms with Gasteiger partial charge in [-0.05, 0) is 25.8 Å². The SMILES string of the molecule is CCOC(=O)/C=C/[C@@H](Cc1ccccc1)[C@@H](O)C(=O)OCC. The van der Waals surface area contributed by atoms with Crippen molar-refractivity contribution in [2.24, 2.45) is 5.92 Å². The summed E-state index contributed by atoms with van der Waals surface area (Å²) < 4.78 is 9.64. The van der Waals surface area contributed by atoms with Crippen molar-refractivity contribution >= 4 is 11.9 Å². The van der Waals surface area contributed by atoms with Crippen LogP contribution in [0.2, 0.25) is 0 Å². The van der Waals surface area contributed by atoms with Crippen molar-refractivity contribution in [3.63, 3.8) is 0 Å². The monoisotopic (exact) mass is 306 g/mol. The zero-order valence-electron chi connectivity index (χ0n) is 12.9. The molecular formula is C17H22O5. The molecule has 0 aliphatic carbocycles. The number of hydrogen-bond donors (Lipinski definition) is 1. The first-order valence-corrected chi connectivity index (χ1v) is 7.32. The average Bonchev–Trinajstić information content (AvgIpc) is 2.52. The second-order valence-corrected chi connectivity index (χ2v) is 4.66.